The minimum atomic E-state index is -1.82. The Hall–Kier alpha value is -2.93. The molecule has 0 bridgehead atoms. The lowest BCUT2D eigenvalue weighted by molar-refractivity contribution is -0.159. The molecule has 7 heteroatoms. The number of hydrogen-bond donors (Lipinski definition) is 3. The zero-order valence-electron chi connectivity index (χ0n) is 18.2. The lowest BCUT2D eigenvalue weighted by atomic mass is 9.95. The van der Waals surface area contributed by atoms with E-state index in [1.807, 2.05) is 0 Å². The molecule has 1 aliphatic heterocycles. The van der Waals surface area contributed by atoms with Gasteiger partial charge in [-0.25, -0.2) is 9.59 Å². The average Bonchev–Trinajstić information content (AvgIpc) is 2.74. The van der Waals surface area contributed by atoms with Crippen molar-refractivity contribution in [3.05, 3.63) is 48.0 Å². The van der Waals surface area contributed by atoms with Crippen molar-refractivity contribution >= 4 is 28.6 Å². The lowest BCUT2D eigenvalue weighted by Gasteiger charge is -2.31. The minimum Gasteiger partial charge on any atom is -0.473 e. The molecule has 168 valence electrons. The van der Waals surface area contributed by atoms with E-state index < -0.39 is 11.9 Å². The molecular weight excluding hydrogens is 396 g/mol. The lowest BCUT2D eigenvalue weighted by Crippen LogP contribution is -2.40. The van der Waals surface area contributed by atoms with Crippen molar-refractivity contribution in [2.45, 2.75) is 39.7 Å². The Morgan fingerprint density at radius 1 is 1.00 bits per heavy atom. The summed E-state index contributed by atoms with van der Waals surface area (Å²) >= 11 is 0. The first-order valence-corrected chi connectivity index (χ1v) is 10.7. The number of benzene rings is 2. The molecule has 0 unspecified atom stereocenters. The largest absolute Gasteiger partial charge is 0.473 e. The third-order valence-corrected chi connectivity index (χ3v) is 5.44. The Morgan fingerprint density at radius 3 is 2.23 bits per heavy atom. The van der Waals surface area contributed by atoms with Crippen LogP contribution in [0.5, 0.6) is 0 Å². The first kappa shape index (κ1) is 24.3. The van der Waals surface area contributed by atoms with Crippen LogP contribution < -0.4 is 5.32 Å². The van der Waals surface area contributed by atoms with Crippen LogP contribution in [-0.4, -0.2) is 52.6 Å². The number of carboxylic acid groups (broad SMARTS) is 2. The number of carbonyl (C=O) groups excluding carboxylic acids is 1. The van der Waals surface area contributed by atoms with Gasteiger partial charge >= 0.3 is 11.9 Å². The van der Waals surface area contributed by atoms with Crippen molar-refractivity contribution in [1.82, 2.24) is 10.2 Å². The summed E-state index contributed by atoms with van der Waals surface area (Å²) in [7, 11) is 0. The van der Waals surface area contributed by atoms with Gasteiger partial charge in [0.25, 0.3) is 0 Å². The van der Waals surface area contributed by atoms with Crippen LogP contribution in [0.25, 0.3) is 10.8 Å². The smallest absolute Gasteiger partial charge is 0.414 e. The molecule has 1 aliphatic rings. The first-order chi connectivity index (χ1) is 14.8. The third kappa shape index (κ3) is 8.02. The summed E-state index contributed by atoms with van der Waals surface area (Å²) in [5.74, 6) is -2.56. The molecule has 1 amide bonds. The molecule has 0 spiro atoms. The first-order valence-electron chi connectivity index (χ1n) is 10.7. The van der Waals surface area contributed by atoms with Crippen LogP contribution in [0, 0.1) is 11.8 Å². The van der Waals surface area contributed by atoms with Gasteiger partial charge in [0.2, 0.25) is 5.91 Å². The Labute approximate surface area is 183 Å². The Balaban J connectivity index is 0.000000501. The molecule has 1 heterocycles. The van der Waals surface area contributed by atoms with E-state index in [1.54, 1.807) is 0 Å². The van der Waals surface area contributed by atoms with Crippen molar-refractivity contribution < 1.29 is 24.6 Å². The second-order valence-corrected chi connectivity index (χ2v) is 8.27. The molecule has 0 saturated carbocycles. The normalized spacial score (nSPS) is 14.7. The zero-order valence-corrected chi connectivity index (χ0v) is 18.2. The quantitative estimate of drug-likeness (QED) is 0.609. The van der Waals surface area contributed by atoms with Gasteiger partial charge in [-0.05, 0) is 54.6 Å². The van der Waals surface area contributed by atoms with Crippen LogP contribution in [0.15, 0.2) is 42.5 Å². The molecule has 1 fully saturated rings. The summed E-state index contributed by atoms with van der Waals surface area (Å²) in [6, 6.07) is 15.1. The summed E-state index contributed by atoms with van der Waals surface area (Å²) in [6.07, 6.45) is 3.00. The van der Waals surface area contributed by atoms with Crippen molar-refractivity contribution in [1.29, 1.82) is 0 Å². The number of rotatable bonds is 6. The van der Waals surface area contributed by atoms with Crippen LogP contribution in [-0.2, 0) is 20.9 Å². The second-order valence-electron chi connectivity index (χ2n) is 8.27. The average molecular weight is 429 g/mol. The van der Waals surface area contributed by atoms with Gasteiger partial charge in [0, 0.05) is 19.0 Å². The van der Waals surface area contributed by atoms with Crippen molar-refractivity contribution in [3.63, 3.8) is 0 Å². The summed E-state index contributed by atoms with van der Waals surface area (Å²) in [5, 5.41) is 20.5. The number of aliphatic carboxylic acids is 2. The van der Waals surface area contributed by atoms with Gasteiger partial charge in [-0.1, -0.05) is 56.3 Å². The summed E-state index contributed by atoms with van der Waals surface area (Å²) in [5.41, 5.74) is 1.39. The molecule has 3 rings (SSSR count). The van der Waals surface area contributed by atoms with E-state index >= 15 is 0 Å². The molecule has 3 N–H and O–H groups in total. The highest BCUT2D eigenvalue weighted by molar-refractivity contribution is 6.27. The number of amides is 1. The predicted octanol–water partition coefficient (Wildman–Crippen LogP) is 3.37. The maximum Gasteiger partial charge on any atom is 0.414 e. The number of likely N-dealkylation sites (tertiary alicyclic amines) is 1. The standard InChI is InChI=1S/C22H30N2O.C2H2O4/c1-17(2)10-13-23-22(25)19-11-14-24(15-12-19)16-20-8-5-7-18-6-3-4-9-21(18)20;3-1(4)2(5)6/h3-9,17,19H,10-16H2,1-2H3,(H,23,25);(H,3,4)(H,5,6). The molecule has 2 aromatic carbocycles. The van der Waals surface area contributed by atoms with Crippen molar-refractivity contribution in [2.75, 3.05) is 19.6 Å². The van der Waals surface area contributed by atoms with Crippen LogP contribution >= 0.6 is 0 Å². The van der Waals surface area contributed by atoms with E-state index in [0.717, 1.165) is 45.4 Å². The minimum absolute atomic E-state index is 0.191. The zero-order chi connectivity index (χ0) is 22.8. The van der Waals surface area contributed by atoms with E-state index in [-0.39, 0.29) is 11.8 Å². The fourth-order valence-corrected chi connectivity index (χ4v) is 3.65. The number of carbonyl (C=O) groups is 3. The highest BCUT2D eigenvalue weighted by Gasteiger charge is 2.24. The van der Waals surface area contributed by atoms with Crippen LogP contribution in [0.2, 0.25) is 0 Å². The maximum atomic E-state index is 12.3. The molecule has 0 aliphatic carbocycles. The topological polar surface area (TPSA) is 107 Å². The summed E-state index contributed by atoms with van der Waals surface area (Å²) in [4.78, 5) is 33.0. The number of fused-ring (bicyclic) bond motifs is 1. The Kier molecular flexibility index (Phi) is 9.46. The number of carboxylic acids is 2. The van der Waals surface area contributed by atoms with Crippen molar-refractivity contribution in [3.8, 4) is 0 Å². The molecule has 0 radical (unpaired) electrons. The third-order valence-electron chi connectivity index (χ3n) is 5.44. The Bertz CT molecular complexity index is 871. The van der Waals surface area contributed by atoms with Gasteiger partial charge in [0.1, 0.15) is 0 Å². The van der Waals surface area contributed by atoms with Crippen LogP contribution in [0.3, 0.4) is 0 Å². The number of hydrogen-bond acceptors (Lipinski definition) is 4. The molecule has 7 nitrogen and oxygen atoms in total. The molecule has 0 atom stereocenters. The number of nitrogens with zero attached hydrogens (tertiary/aromatic N) is 1. The molecule has 1 saturated heterocycles. The highest BCUT2D eigenvalue weighted by Crippen LogP contribution is 2.23. The molecule has 31 heavy (non-hydrogen) atoms. The summed E-state index contributed by atoms with van der Waals surface area (Å²) in [6.45, 7) is 8.18. The van der Waals surface area contributed by atoms with Crippen molar-refractivity contribution in [2.24, 2.45) is 11.8 Å². The summed E-state index contributed by atoms with van der Waals surface area (Å²) < 4.78 is 0. The van der Waals surface area contributed by atoms with E-state index in [0.29, 0.717) is 5.92 Å². The van der Waals surface area contributed by atoms with Gasteiger partial charge in [-0.15, -0.1) is 0 Å². The van der Waals surface area contributed by atoms with Gasteiger partial charge < -0.3 is 15.5 Å². The van der Waals surface area contributed by atoms with Gasteiger partial charge in [-0.3, -0.25) is 9.69 Å². The number of piperidine rings is 1. The predicted molar refractivity (Wildman–Crippen MR) is 120 cm³/mol. The molecule has 0 aromatic heterocycles. The second kappa shape index (κ2) is 12.1. The van der Waals surface area contributed by atoms with E-state index in [9.17, 15) is 4.79 Å². The SMILES string of the molecule is CC(C)CCNC(=O)C1CCN(Cc2cccc3ccccc23)CC1.O=C(O)C(=O)O. The van der Waals surface area contributed by atoms with E-state index in [2.05, 4.69) is 66.5 Å². The van der Waals surface area contributed by atoms with E-state index in [4.69, 9.17) is 19.8 Å². The highest BCUT2D eigenvalue weighted by atomic mass is 16.4. The fraction of sp³-hybridized carbons (Fsp3) is 0.458. The maximum absolute atomic E-state index is 12.3. The van der Waals surface area contributed by atoms with E-state index in [1.165, 1.54) is 16.3 Å². The Morgan fingerprint density at radius 2 is 1.61 bits per heavy atom. The molecular formula is C24H32N2O5. The van der Waals surface area contributed by atoms with Gasteiger partial charge in [-0.2, -0.15) is 0 Å². The molecule has 2 aromatic rings. The monoisotopic (exact) mass is 428 g/mol. The van der Waals surface area contributed by atoms with Crippen LogP contribution in [0.4, 0.5) is 0 Å². The van der Waals surface area contributed by atoms with Gasteiger partial charge in [0.15, 0.2) is 0 Å². The fourth-order valence-electron chi connectivity index (χ4n) is 3.65. The number of nitrogens with one attached hydrogen (secondary N) is 1. The van der Waals surface area contributed by atoms with Gasteiger partial charge in [0.05, 0.1) is 0 Å². The van der Waals surface area contributed by atoms with Crippen LogP contribution in [0.1, 0.15) is 38.7 Å².